The van der Waals surface area contributed by atoms with E-state index in [0.29, 0.717) is 29.3 Å². The maximum atomic E-state index is 12.7. The van der Waals surface area contributed by atoms with E-state index in [2.05, 4.69) is 10.6 Å². The summed E-state index contributed by atoms with van der Waals surface area (Å²) in [5, 5.41) is 5.93. The van der Waals surface area contributed by atoms with Gasteiger partial charge in [0.1, 0.15) is 11.3 Å². The van der Waals surface area contributed by atoms with Crippen LogP contribution in [-0.4, -0.2) is 41.9 Å². The summed E-state index contributed by atoms with van der Waals surface area (Å²) in [6.07, 6.45) is 4.31. The molecule has 26 heavy (non-hydrogen) atoms. The second kappa shape index (κ2) is 7.53. The van der Waals surface area contributed by atoms with Crippen molar-refractivity contribution in [1.82, 2.24) is 10.2 Å². The summed E-state index contributed by atoms with van der Waals surface area (Å²) in [6.45, 7) is 0.0577. The Balaban J connectivity index is 1.56. The van der Waals surface area contributed by atoms with Crippen molar-refractivity contribution in [3.63, 3.8) is 0 Å². The molecule has 7 nitrogen and oxygen atoms in total. The SMILES string of the molecule is COc1ccc(NC(=O)CCN2C(=O)NC3(CCCCC3)C2=O)cc1Cl. The Morgan fingerprint density at radius 3 is 2.69 bits per heavy atom. The summed E-state index contributed by atoms with van der Waals surface area (Å²) in [7, 11) is 1.51. The topological polar surface area (TPSA) is 87.7 Å². The van der Waals surface area contributed by atoms with Crippen molar-refractivity contribution < 1.29 is 19.1 Å². The fourth-order valence-electron chi connectivity index (χ4n) is 3.55. The fourth-order valence-corrected chi connectivity index (χ4v) is 3.81. The molecule has 1 heterocycles. The third-order valence-corrected chi connectivity index (χ3v) is 5.25. The lowest BCUT2D eigenvalue weighted by atomic mass is 9.82. The molecule has 0 radical (unpaired) electrons. The molecule has 0 atom stereocenters. The third-order valence-electron chi connectivity index (χ3n) is 4.95. The van der Waals surface area contributed by atoms with E-state index >= 15 is 0 Å². The van der Waals surface area contributed by atoms with Crippen molar-refractivity contribution in [2.24, 2.45) is 0 Å². The highest BCUT2D eigenvalue weighted by Crippen LogP contribution is 2.33. The number of hydrogen-bond acceptors (Lipinski definition) is 4. The standard InChI is InChI=1S/C18H22ClN3O4/c1-26-14-6-5-12(11-13(14)19)20-15(23)7-10-22-16(24)18(21-17(22)25)8-3-2-4-9-18/h5-6,11H,2-4,7-10H2,1H3,(H,20,23)(H,21,25). The van der Waals surface area contributed by atoms with Crippen LogP contribution in [0.5, 0.6) is 5.75 Å². The number of rotatable bonds is 5. The number of benzene rings is 1. The van der Waals surface area contributed by atoms with Gasteiger partial charge >= 0.3 is 6.03 Å². The van der Waals surface area contributed by atoms with Crippen LogP contribution in [0.2, 0.25) is 5.02 Å². The van der Waals surface area contributed by atoms with E-state index in [1.807, 2.05) is 0 Å². The van der Waals surface area contributed by atoms with Gasteiger partial charge in [-0.1, -0.05) is 30.9 Å². The van der Waals surface area contributed by atoms with Gasteiger partial charge in [-0.15, -0.1) is 0 Å². The third kappa shape index (κ3) is 3.62. The first-order valence-electron chi connectivity index (χ1n) is 8.73. The molecule has 0 unspecified atom stereocenters. The summed E-state index contributed by atoms with van der Waals surface area (Å²) in [5.41, 5.74) is -0.225. The first-order chi connectivity index (χ1) is 12.4. The molecule has 8 heteroatoms. The zero-order valence-corrected chi connectivity index (χ0v) is 15.4. The Bertz CT molecular complexity index is 731. The number of urea groups is 1. The van der Waals surface area contributed by atoms with Gasteiger partial charge in [-0.25, -0.2) is 4.79 Å². The average Bonchev–Trinajstić information content (AvgIpc) is 2.84. The lowest BCUT2D eigenvalue weighted by Crippen LogP contribution is -2.48. The molecule has 4 amide bonds. The lowest BCUT2D eigenvalue weighted by Gasteiger charge is -2.30. The maximum Gasteiger partial charge on any atom is 0.325 e. The van der Waals surface area contributed by atoms with Crippen LogP contribution in [0.15, 0.2) is 18.2 Å². The van der Waals surface area contributed by atoms with Gasteiger partial charge in [0.05, 0.1) is 12.1 Å². The summed E-state index contributed by atoms with van der Waals surface area (Å²) in [4.78, 5) is 38.2. The maximum absolute atomic E-state index is 12.7. The number of anilines is 1. The molecule has 1 spiro atoms. The Morgan fingerprint density at radius 1 is 1.31 bits per heavy atom. The molecule has 1 aliphatic heterocycles. The van der Waals surface area contributed by atoms with Crippen molar-refractivity contribution in [2.75, 3.05) is 19.0 Å². The highest BCUT2D eigenvalue weighted by molar-refractivity contribution is 6.32. The van der Waals surface area contributed by atoms with Crippen molar-refractivity contribution in [3.05, 3.63) is 23.2 Å². The van der Waals surface area contributed by atoms with E-state index in [9.17, 15) is 14.4 Å². The van der Waals surface area contributed by atoms with E-state index in [0.717, 1.165) is 24.2 Å². The van der Waals surface area contributed by atoms with E-state index in [1.54, 1.807) is 18.2 Å². The van der Waals surface area contributed by atoms with Gasteiger partial charge in [0, 0.05) is 18.7 Å². The number of ether oxygens (including phenoxy) is 1. The summed E-state index contributed by atoms with van der Waals surface area (Å²) in [6, 6.07) is 4.51. The predicted molar refractivity (Wildman–Crippen MR) is 97.3 cm³/mol. The average molecular weight is 380 g/mol. The van der Waals surface area contributed by atoms with Gasteiger partial charge in [-0.3, -0.25) is 14.5 Å². The number of amides is 4. The molecular formula is C18H22ClN3O4. The largest absolute Gasteiger partial charge is 0.495 e. The van der Waals surface area contributed by atoms with Gasteiger partial charge in [-0.2, -0.15) is 0 Å². The highest BCUT2D eigenvalue weighted by atomic mass is 35.5. The molecule has 2 fully saturated rings. The zero-order valence-electron chi connectivity index (χ0n) is 14.6. The Morgan fingerprint density at radius 2 is 2.04 bits per heavy atom. The van der Waals surface area contributed by atoms with E-state index in [-0.39, 0.29) is 24.8 Å². The molecular weight excluding hydrogens is 358 g/mol. The number of nitrogens with zero attached hydrogens (tertiary/aromatic N) is 1. The van der Waals surface area contributed by atoms with Crippen LogP contribution in [0, 0.1) is 0 Å². The highest BCUT2D eigenvalue weighted by Gasteiger charge is 2.50. The zero-order chi connectivity index (χ0) is 18.7. The van der Waals surface area contributed by atoms with E-state index in [4.69, 9.17) is 16.3 Å². The predicted octanol–water partition coefficient (Wildman–Crippen LogP) is 2.93. The minimum absolute atomic E-state index is 0.0267. The molecule has 0 bridgehead atoms. The Hall–Kier alpha value is -2.28. The minimum Gasteiger partial charge on any atom is -0.495 e. The summed E-state index contributed by atoms with van der Waals surface area (Å²) in [5.74, 6) is 0.0145. The fraction of sp³-hybridized carbons (Fsp3) is 0.500. The molecule has 1 aliphatic carbocycles. The number of halogens is 1. The first kappa shape index (κ1) is 18.5. The number of carbonyl (C=O) groups excluding carboxylic acids is 3. The van der Waals surface area contributed by atoms with Gasteiger partial charge in [0.15, 0.2) is 0 Å². The second-order valence-corrected chi connectivity index (χ2v) is 7.08. The number of imide groups is 1. The van der Waals surface area contributed by atoms with Crippen LogP contribution in [0.3, 0.4) is 0 Å². The first-order valence-corrected chi connectivity index (χ1v) is 9.10. The summed E-state index contributed by atoms with van der Waals surface area (Å²) < 4.78 is 5.07. The van der Waals surface area contributed by atoms with Crippen LogP contribution in [-0.2, 0) is 9.59 Å². The molecule has 1 saturated heterocycles. The van der Waals surface area contributed by atoms with Crippen molar-refractivity contribution >= 4 is 35.1 Å². The number of hydrogen-bond donors (Lipinski definition) is 2. The molecule has 2 aliphatic rings. The molecule has 1 saturated carbocycles. The van der Waals surface area contributed by atoms with Crippen LogP contribution in [0.1, 0.15) is 38.5 Å². The Kier molecular flexibility index (Phi) is 5.36. The van der Waals surface area contributed by atoms with Crippen LogP contribution in [0.25, 0.3) is 0 Å². The van der Waals surface area contributed by atoms with E-state index < -0.39 is 11.6 Å². The van der Waals surface area contributed by atoms with Crippen LogP contribution >= 0.6 is 11.6 Å². The van der Waals surface area contributed by atoms with Crippen molar-refractivity contribution in [2.45, 2.75) is 44.1 Å². The van der Waals surface area contributed by atoms with Gasteiger partial charge in [0.25, 0.3) is 5.91 Å². The molecule has 0 aromatic heterocycles. The van der Waals surface area contributed by atoms with Crippen molar-refractivity contribution in [1.29, 1.82) is 0 Å². The van der Waals surface area contributed by atoms with Crippen LogP contribution < -0.4 is 15.4 Å². The lowest BCUT2D eigenvalue weighted by molar-refractivity contribution is -0.132. The molecule has 1 aromatic carbocycles. The molecule has 3 rings (SSSR count). The smallest absolute Gasteiger partial charge is 0.325 e. The van der Waals surface area contributed by atoms with Gasteiger partial charge in [-0.05, 0) is 31.0 Å². The molecule has 140 valence electrons. The second-order valence-electron chi connectivity index (χ2n) is 6.68. The Labute approximate surface area is 157 Å². The van der Waals surface area contributed by atoms with Crippen LogP contribution in [0.4, 0.5) is 10.5 Å². The monoisotopic (exact) mass is 379 g/mol. The van der Waals surface area contributed by atoms with E-state index in [1.165, 1.54) is 7.11 Å². The summed E-state index contributed by atoms with van der Waals surface area (Å²) >= 11 is 6.03. The number of carbonyl (C=O) groups is 3. The minimum atomic E-state index is -0.755. The number of methoxy groups -OCH3 is 1. The normalized spacial score (nSPS) is 18.8. The van der Waals surface area contributed by atoms with Gasteiger partial charge in [0.2, 0.25) is 5.91 Å². The molecule has 2 N–H and O–H groups in total. The molecule has 1 aromatic rings. The van der Waals surface area contributed by atoms with Crippen molar-refractivity contribution in [3.8, 4) is 5.75 Å². The van der Waals surface area contributed by atoms with Gasteiger partial charge < -0.3 is 15.4 Å². The quantitative estimate of drug-likeness (QED) is 0.770. The number of nitrogens with one attached hydrogen (secondary N) is 2.